The third kappa shape index (κ3) is 4.79. The van der Waals surface area contributed by atoms with Crippen molar-refractivity contribution >= 4 is 11.3 Å². The van der Waals surface area contributed by atoms with Crippen LogP contribution in [0.5, 0.6) is 5.75 Å². The van der Waals surface area contributed by atoms with Gasteiger partial charge in [-0.25, -0.2) is 4.98 Å². The van der Waals surface area contributed by atoms with Crippen molar-refractivity contribution in [3.63, 3.8) is 0 Å². The fraction of sp³-hybridized carbons (Fsp3) is 0.526. The fourth-order valence-corrected chi connectivity index (χ4v) is 3.74. The Morgan fingerprint density at radius 2 is 1.96 bits per heavy atom. The van der Waals surface area contributed by atoms with E-state index in [1.54, 1.807) is 11.3 Å². The Bertz CT molecular complexity index is 582. The van der Waals surface area contributed by atoms with Crippen molar-refractivity contribution in [1.82, 2.24) is 10.3 Å². The molecule has 1 aromatic heterocycles. The van der Waals surface area contributed by atoms with Crippen LogP contribution in [0.2, 0.25) is 0 Å². The topological polar surface area (TPSA) is 34.1 Å². The molecule has 3 nitrogen and oxygen atoms in total. The largest absolute Gasteiger partial charge is 0.492 e. The lowest BCUT2D eigenvalue weighted by Crippen LogP contribution is -2.37. The van der Waals surface area contributed by atoms with Gasteiger partial charge in [0.2, 0.25) is 0 Å². The minimum absolute atomic E-state index is 0.536. The van der Waals surface area contributed by atoms with Crippen LogP contribution < -0.4 is 10.1 Å². The molecule has 1 fully saturated rings. The summed E-state index contributed by atoms with van der Waals surface area (Å²) in [4.78, 5) is 4.32. The number of hydrogen-bond acceptors (Lipinski definition) is 4. The van der Waals surface area contributed by atoms with Crippen molar-refractivity contribution in [2.45, 2.75) is 45.6 Å². The highest BCUT2D eigenvalue weighted by molar-refractivity contribution is 7.13. The molecule has 23 heavy (non-hydrogen) atoms. The van der Waals surface area contributed by atoms with Crippen molar-refractivity contribution < 1.29 is 4.74 Å². The lowest BCUT2D eigenvalue weighted by atomic mass is 9.75. The van der Waals surface area contributed by atoms with Crippen molar-refractivity contribution in [3.05, 3.63) is 35.8 Å². The SMILES string of the molecule is CC1(C)CCC(NCCOc2ccc(-c3nccs3)cc2)CC1. The summed E-state index contributed by atoms with van der Waals surface area (Å²) in [6.07, 6.45) is 7.06. The molecule has 4 heteroatoms. The summed E-state index contributed by atoms with van der Waals surface area (Å²) in [6.45, 7) is 6.39. The van der Waals surface area contributed by atoms with Gasteiger partial charge in [0.25, 0.3) is 0 Å². The van der Waals surface area contributed by atoms with E-state index < -0.39 is 0 Å². The molecule has 0 aliphatic heterocycles. The number of benzene rings is 1. The molecule has 0 amide bonds. The summed E-state index contributed by atoms with van der Waals surface area (Å²) in [7, 11) is 0. The number of nitrogens with one attached hydrogen (secondary N) is 1. The highest BCUT2D eigenvalue weighted by atomic mass is 32.1. The van der Waals surface area contributed by atoms with Gasteiger partial charge in [-0.05, 0) is 55.4 Å². The number of ether oxygens (including phenoxy) is 1. The van der Waals surface area contributed by atoms with Crippen molar-refractivity contribution in [1.29, 1.82) is 0 Å². The third-order valence-electron chi connectivity index (χ3n) is 4.68. The Morgan fingerprint density at radius 1 is 1.22 bits per heavy atom. The van der Waals surface area contributed by atoms with Crippen LogP contribution in [-0.2, 0) is 0 Å². The molecule has 1 N–H and O–H groups in total. The maximum Gasteiger partial charge on any atom is 0.123 e. The van der Waals surface area contributed by atoms with Crippen LogP contribution in [0.3, 0.4) is 0 Å². The zero-order valence-electron chi connectivity index (χ0n) is 14.0. The molecule has 0 bridgehead atoms. The number of rotatable bonds is 6. The highest BCUT2D eigenvalue weighted by Crippen LogP contribution is 2.34. The van der Waals surface area contributed by atoms with E-state index in [0.29, 0.717) is 11.5 Å². The van der Waals surface area contributed by atoms with Crippen LogP contribution >= 0.6 is 11.3 Å². The zero-order chi connectivity index (χ0) is 16.1. The summed E-state index contributed by atoms with van der Waals surface area (Å²) in [5, 5.41) is 6.68. The molecule has 1 aliphatic carbocycles. The molecule has 0 saturated heterocycles. The van der Waals surface area contributed by atoms with Crippen LogP contribution in [-0.4, -0.2) is 24.2 Å². The first-order valence-electron chi connectivity index (χ1n) is 8.48. The summed E-state index contributed by atoms with van der Waals surface area (Å²) in [5.74, 6) is 0.928. The van der Waals surface area contributed by atoms with Gasteiger partial charge in [-0.1, -0.05) is 13.8 Å². The van der Waals surface area contributed by atoms with E-state index >= 15 is 0 Å². The van der Waals surface area contributed by atoms with Crippen LogP contribution in [0, 0.1) is 5.41 Å². The van der Waals surface area contributed by atoms with Gasteiger partial charge in [-0.3, -0.25) is 0 Å². The second kappa shape index (κ2) is 7.45. The summed E-state index contributed by atoms with van der Waals surface area (Å²) in [6, 6.07) is 8.87. The lowest BCUT2D eigenvalue weighted by molar-refractivity contribution is 0.200. The van der Waals surface area contributed by atoms with Gasteiger partial charge >= 0.3 is 0 Å². The summed E-state index contributed by atoms with van der Waals surface area (Å²) in [5.41, 5.74) is 1.68. The minimum atomic E-state index is 0.536. The van der Waals surface area contributed by atoms with E-state index in [0.717, 1.165) is 29.5 Å². The molecule has 0 unspecified atom stereocenters. The Balaban J connectivity index is 1.38. The van der Waals surface area contributed by atoms with E-state index in [9.17, 15) is 0 Å². The van der Waals surface area contributed by atoms with Gasteiger partial charge in [0.05, 0.1) is 0 Å². The number of aromatic nitrogens is 1. The first-order chi connectivity index (χ1) is 11.1. The highest BCUT2D eigenvalue weighted by Gasteiger charge is 2.26. The third-order valence-corrected chi connectivity index (χ3v) is 5.50. The van der Waals surface area contributed by atoms with Crippen LogP contribution in [0.1, 0.15) is 39.5 Å². The summed E-state index contributed by atoms with van der Waals surface area (Å²) >= 11 is 1.66. The molecule has 1 saturated carbocycles. The van der Waals surface area contributed by atoms with Gasteiger partial charge in [0.15, 0.2) is 0 Å². The van der Waals surface area contributed by atoms with Gasteiger partial charge < -0.3 is 10.1 Å². The lowest BCUT2D eigenvalue weighted by Gasteiger charge is -2.34. The number of nitrogens with zero attached hydrogens (tertiary/aromatic N) is 1. The van der Waals surface area contributed by atoms with E-state index in [1.807, 2.05) is 23.7 Å². The molecule has 0 spiro atoms. The van der Waals surface area contributed by atoms with Crippen LogP contribution in [0.15, 0.2) is 35.8 Å². The Labute approximate surface area is 143 Å². The number of hydrogen-bond donors (Lipinski definition) is 1. The molecular weight excluding hydrogens is 304 g/mol. The predicted octanol–water partition coefficient (Wildman–Crippen LogP) is 4.75. The first kappa shape index (κ1) is 16.5. The zero-order valence-corrected chi connectivity index (χ0v) is 14.9. The Kier molecular flexibility index (Phi) is 5.34. The minimum Gasteiger partial charge on any atom is -0.492 e. The van der Waals surface area contributed by atoms with Crippen LogP contribution in [0.25, 0.3) is 10.6 Å². The predicted molar refractivity (Wildman–Crippen MR) is 97.1 cm³/mol. The monoisotopic (exact) mass is 330 g/mol. The first-order valence-corrected chi connectivity index (χ1v) is 9.36. The maximum absolute atomic E-state index is 5.83. The molecule has 2 aromatic rings. The average molecular weight is 330 g/mol. The quantitative estimate of drug-likeness (QED) is 0.776. The van der Waals surface area contributed by atoms with Gasteiger partial charge in [-0.15, -0.1) is 11.3 Å². The van der Waals surface area contributed by atoms with Crippen molar-refractivity contribution in [2.24, 2.45) is 5.41 Å². The number of thiazole rings is 1. The normalized spacial score (nSPS) is 18.0. The Morgan fingerprint density at radius 3 is 2.61 bits per heavy atom. The van der Waals surface area contributed by atoms with Gasteiger partial charge in [0, 0.05) is 29.7 Å². The average Bonchev–Trinajstić information content (AvgIpc) is 3.08. The second-order valence-corrected chi connectivity index (χ2v) is 8.00. The van der Waals surface area contributed by atoms with Crippen LogP contribution in [0.4, 0.5) is 0 Å². The smallest absolute Gasteiger partial charge is 0.123 e. The molecule has 124 valence electrons. The van der Waals surface area contributed by atoms with E-state index in [2.05, 4.69) is 36.3 Å². The standard InChI is InChI=1S/C19H26N2OS/c1-19(2)9-7-16(8-10-19)20-11-13-22-17-5-3-15(4-6-17)18-21-12-14-23-18/h3-6,12,14,16,20H,7-11,13H2,1-2H3. The molecule has 3 rings (SSSR count). The fourth-order valence-electron chi connectivity index (χ4n) is 3.10. The van der Waals surface area contributed by atoms with E-state index in [1.165, 1.54) is 25.7 Å². The summed E-state index contributed by atoms with van der Waals surface area (Å²) < 4.78 is 5.83. The molecule has 0 atom stereocenters. The van der Waals surface area contributed by atoms with Gasteiger partial charge in [0.1, 0.15) is 17.4 Å². The van der Waals surface area contributed by atoms with Crippen molar-refractivity contribution in [3.8, 4) is 16.3 Å². The molecular formula is C19H26N2OS. The molecule has 1 heterocycles. The van der Waals surface area contributed by atoms with Crippen molar-refractivity contribution in [2.75, 3.05) is 13.2 Å². The molecule has 1 aromatic carbocycles. The molecule has 1 aliphatic rings. The molecule has 0 radical (unpaired) electrons. The second-order valence-electron chi connectivity index (χ2n) is 7.10. The van der Waals surface area contributed by atoms with Gasteiger partial charge in [-0.2, -0.15) is 0 Å². The maximum atomic E-state index is 5.83. The Hall–Kier alpha value is -1.39. The van der Waals surface area contributed by atoms with E-state index in [-0.39, 0.29) is 0 Å². The van der Waals surface area contributed by atoms with E-state index in [4.69, 9.17) is 4.74 Å².